The van der Waals surface area contributed by atoms with Gasteiger partial charge < -0.3 is 20.1 Å². The van der Waals surface area contributed by atoms with Gasteiger partial charge in [-0.25, -0.2) is 4.79 Å². The molecule has 5 nitrogen and oxygen atoms in total. The van der Waals surface area contributed by atoms with Crippen LogP contribution in [0.25, 0.3) is 0 Å². The zero-order valence-electron chi connectivity index (χ0n) is 13.4. The lowest BCUT2D eigenvalue weighted by molar-refractivity contribution is 0.160. The number of ether oxygens (including phenoxy) is 1. The van der Waals surface area contributed by atoms with Gasteiger partial charge in [0.1, 0.15) is 0 Å². The summed E-state index contributed by atoms with van der Waals surface area (Å²) in [6.45, 7) is 6.32. The van der Waals surface area contributed by atoms with Gasteiger partial charge in [0.2, 0.25) is 0 Å². The highest BCUT2D eigenvalue weighted by Gasteiger charge is 2.25. The Morgan fingerprint density at radius 1 is 1.45 bits per heavy atom. The smallest absolute Gasteiger partial charge is 0.317 e. The normalized spacial score (nSPS) is 19.0. The van der Waals surface area contributed by atoms with E-state index in [0.717, 1.165) is 18.6 Å². The maximum absolute atomic E-state index is 12.4. The summed E-state index contributed by atoms with van der Waals surface area (Å²) < 4.78 is 5.37. The highest BCUT2D eigenvalue weighted by Crippen LogP contribution is 2.17. The second-order valence-corrected chi connectivity index (χ2v) is 5.99. The molecule has 2 amide bonds. The first-order valence-electron chi connectivity index (χ1n) is 7.89. The van der Waals surface area contributed by atoms with E-state index >= 15 is 0 Å². The van der Waals surface area contributed by atoms with Crippen LogP contribution in [-0.4, -0.2) is 48.4 Å². The number of aliphatic hydroxyl groups is 1. The van der Waals surface area contributed by atoms with E-state index in [1.54, 1.807) is 4.90 Å². The molecule has 1 heterocycles. The SMILES string of the molecule is Cc1ccc(CN(CCO)C(=O)N[C@@H](C)[C@H]2CCOC2)cc1. The topological polar surface area (TPSA) is 61.8 Å². The van der Waals surface area contributed by atoms with Crippen LogP contribution in [0.15, 0.2) is 24.3 Å². The predicted octanol–water partition coefficient (Wildman–Crippen LogP) is 1.92. The molecule has 0 bridgehead atoms. The first kappa shape index (κ1) is 16.8. The molecule has 2 N–H and O–H groups in total. The molecule has 0 aliphatic carbocycles. The molecule has 1 aromatic rings. The Balaban J connectivity index is 1.93. The number of nitrogens with zero attached hydrogens (tertiary/aromatic N) is 1. The van der Waals surface area contributed by atoms with Crippen LogP contribution in [0.1, 0.15) is 24.5 Å². The van der Waals surface area contributed by atoms with Gasteiger partial charge in [0, 0.05) is 31.7 Å². The summed E-state index contributed by atoms with van der Waals surface area (Å²) in [5, 5.41) is 12.2. The highest BCUT2D eigenvalue weighted by molar-refractivity contribution is 5.74. The van der Waals surface area contributed by atoms with Crippen molar-refractivity contribution in [1.82, 2.24) is 10.2 Å². The Morgan fingerprint density at radius 2 is 2.18 bits per heavy atom. The van der Waals surface area contributed by atoms with Gasteiger partial charge in [0.15, 0.2) is 0 Å². The molecule has 0 aromatic heterocycles. The van der Waals surface area contributed by atoms with Gasteiger partial charge in [-0.15, -0.1) is 0 Å². The molecule has 5 heteroatoms. The van der Waals surface area contributed by atoms with E-state index in [-0.39, 0.29) is 18.7 Å². The van der Waals surface area contributed by atoms with Crippen LogP contribution in [-0.2, 0) is 11.3 Å². The minimum absolute atomic E-state index is 0.0415. The number of carbonyl (C=O) groups is 1. The van der Waals surface area contributed by atoms with Crippen LogP contribution >= 0.6 is 0 Å². The number of aryl methyl sites for hydroxylation is 1. The van der Waals surface area contributed by atoms with E-state index in [4.69, 9.17) is 4.74 Å². The Labute approximate surface area is 132 Å². The number of nitrogens with one attached hydrogen (secondary N) is 1. The Morgan fingerprint density at radius 3 is 2.77 bits per heavy atom. The maximum Gasteiger partial charge on any atom is 0.317 e. The molecule has 2 rings (SSSR count). The molecule has 0 radical (unpaired) electrons. The van der Waals surface area contributed by atoms with Crippen molar-refractivity contribution >= 4 is 6.03 Å². The average molecular weight is 306 g/mol. The van der Waals surface area contributed by atoms with E-state index in [1.807, 2.05) is 38.1 Å². The van der Waals surface area contributed by atoms with Crippen molar-refractivity contribution in [3.63, 3.8) is 0 Å². The fraction of sp³-hybridized carbons (Fsp3) is 0.588. The van der Waals surface area contributed by atoms with Crippen LogP contribution in [0.2, 0.25) is 0 Å². The van der Waals surface area contributed by atoms with Crippen LogP contribution in [0.5, 0.6) is 0 Å². The molecule has 1 aliphatic rings. The summed E-state index contributed by atoms with van der Waals surface area (Å²) in [6, 6.07) is 8.04. The molecule has 2 atom stereocenters. The molecule has 1 fully saturated rings. The largest absolute Gasteiger partial charge is 0.395 e. The maximum atomic E-state index is 12.4. The summed E-state index contributed by atoms with van der Waals surface area (Å²) in [5.74, 6) is 0.374. The number of aliphatic hydroxyl groups excluding tert-OH is 1. The molecule has 1 saturated heterocycles. The number of benzene rings is 1. The first-order valence-corrected chi connectivity index (χ1v) is 7.89. The van der Waals surface area contributed by atoms with Crippen LogP contribution in [0.4, 0.5) is 4.79 Å². The third-order valence-corrected chi connectivity index (χ3v) is 4.17. The Kier molecular flexibility index (Phi) is 6.21. The minimum Gasteiger partial charge on any atom is -0.395 e. The number of hydrogen-bond donors (Lipinski definition) is 2. The van der Waals surface area contributed by atoms with Gasteiger partial charge in [0.25, 0.3) is 0 Å². The van der Waals surface area contributed by atoms with Gasteiger partial charge in [-0.05, 0) is 25.8 Å². The van der Waals surface area contributed by atoms with Gasteiger partial charge in [-0.2, -0.15) is 0 Å². The van der Waals surface area contributed by atoms with Gasteiger partial charge >= 0.3 is 6.03 Å². The lowest BCUT2D eigenvalue weighted by Crippen LogP contribution is -2.47. The second kappa shape index (κ2) is 8.15. The Hall–Kier alpha value is -1.59. The van der Waals surface area contributed by atoms with Crippen molar-refractivity contribution in [3.8, 4) is 0 Å². The number of carbonyl (C=O) groups excluding carboxylic acids is 1. The second-order valence-electron chi connectivity index (χ2n) is 5.99. The zero-order valence-corrected chi connectivity index (χ0v) is 13.4. The molecule has 0 spiro atoms. The quantitative estimate of drug-likeness (QED) is 0.844. The lowest BCUT2D eigenvalue weighted by Gasteiger charge is -2.26. The minimum atomic E-state index is -0.131. The molecule has 0 saturated carbocycles. The van der Waals surface area contributed by atoms with E-state index in [9.17, 15) is 9.90 Å². The first-order chi connectivity index (χ1) is 10.6. The van der Waals surface area contributed by atoms with Crippen molar-refractivity contribution < 1.29 is 14.6 Å². The van der Waals surface area contributed by atoms with Crippen molar-refractivity contribution in [2.45, 2.75) is 32.9 Å². The van der Waals surface area contributed by atoms with Crippen LogP contribution in [0.3, 0.4) is 0 Å². The van der Waals surface area contributed by atoms with Crippen LogP contribution < -0.4 is 5.32 Å². The van der Waals surface area contributed by atoms with Gasteiger partial charge in [-0.3, -0.25) is 0 Å². The Bertz CT molecular complexity index is 469. The van der Waals surface area contributed by atoms with Crippen molar-refractivity contribution in [1.29, 1.82) is 0 Å². The number of rotatable bonds is 6. The zero-order chi connectivity index (χ0) is 15.9. The van der Waals surface area contributed by atoms with Crippen LogP contribution in [0, 0.1) is 12.8 Å². The predicted molar refractivity (Wildman–Crippen MR) is 85.6 cm³/mol. The van der Waals surface area contributed by atoms with E-state index in [1.165, 1.54) is 5.56 Å². The molecule has 1 aromatic carbocycles. The third kappa shape index (κ3) is 4.71. The molecule has 1 aliphatic heterocycles. The van der Waals surface area contributed by atoms with E-state index in [0.29, 0.717) is 25.6 Å². The molecule has 122 valence electrons. The summed E-state index contributed by atoms with van der Waals surface area (Å²) in [7, 11) is 0. The average Bonchev–Trinajstić information content (AvgIpc) is 3.03. The summed E-state index contributed by atoms with van der Waals surface area (Å²) in [4.78, 5) is 14.1. The van der Waals surface area contributed by atoms with E-state index in [2.05, 4.69) is 5.32 Å². The molecule has 22 heavy (non-hydrogen) atoms. The molecular weight excluding hydrogens is 280 g/mol. The highest BCUT2D eigenvalue weighted by atomic mass is 16.5. The fourth-order valence-corrected chi connectivity index (χ4v) is 2.64. The van der Waals surface area contributed by atoms with Gasteiger partial charge in [0.05, 0.1) is 13.2 Å². The lowest BCUT2D eigenvalue weighted by atomic mass is 10.0. The fourth-order valence-electron chi connectivity index (χ4n) is 2.64. The monoisotopic (exact) mass is 306 g/mol. The number of amides is 2. The standard InChI is InChI=1S/C17H26N2O3/c1-13-3-5-15(6-4-13)11-19(8-9-20)17(21)18-14(2)16-7-10-22-12-16/h3-6,14,16,20H,7-12H2,1-2H3,(H,18,21)/t14-,16-/m0/s1. The summed E-state index contributed by atoms with van der Waals surface area (Å²) in [5.41, 5.74) is 2.25. The molecule has 0 unspecified atom stereocenters. The van der Waals surface area contributed by atoms with Crippen molar-refractivity contribution in [3.05, 3.63) is 35.4 Å². The third-order valence-electron chi connectivity index (χ3n) is 4.17. The van der Waals surface area contributed by atoms with Gasteiger partial charge in [-0.1, -0.05) is 29.8 Å². The molecular formula is C17H26N2O3. The van der Waals surface area contributed by atoms with Crippen molar-refractivity contribution in [2.75, 3.05) is 26.4 Å². The summed E-state index contributed by atoms with van der Waals surface area (Å²) in [6.07, 6.45) is 0.986. The van der Waals surface area contributed by atoms with Crippen molar-refractivity contribution in [2.24, 2.45) is 5.92 Å². The summed E-state index contributed by atoms with van der Waals surface area (Å²) >= 11 is 0. The van der Waals surface area contributed by atoms with E-state index < -0.39 is 0 Å². The number of urea groups is 1. The number of hydrogen-bond acceptors (Lipinski definition) is 3.